The number of nitrogen functional groups attached to an aromatic ring is 1. The maximum atomic E-state index is 11.7. The number of thioether (sulfide) groups is 1. The molecule has 2 N–H and O–H groups in total. The van der Waals surface area contributed by atoms with Gasteiger partial charge < -0.3 is 5.73 Å². The molecule has 0 amide bonds. The van der Waals surface area contributed by atoms with Crippen LogP contribution < -0.4 is 5.73 Å². The lowest BCUT2D eigenvalue weighted by Crippen LogP contribution is -1.99. The summed E-state index contributed by atoms with van der Waals surface area (Å²) in [5.74, 6) is 1.81. The molecule has 0 aromatic heterocycles. The summed E-state index contributed by atoms with van der Waals surface area (Å²) in [6, 6.07) is 7.26. The maximum absolute atomic E-state index is 11.7. The highest BCUT2D eigenvalue weighted by Gasteiger charge is 2.02. The highest BCUT2D eigenvalue weighted by atomic mass is 32.2. The van der Waals surface area contributed by atoms with Gasteiger partial charge in [0.05, 0.1) is 10.8 Å². The number of nitrogens with two attached hydrogens (primary N) is 1. The Labute approximate surface area is 91.7 Å². The van der Waals surface area contributed by atoms with E-state index in [1.807, 2.05) is 12.1 Å². The fraction of sp³-hybridized carbons (Fsp3) is 0.400. The van der Waals surface area contributed by atoms with Crippen molar-refractivity contribution in [1.29, 1.82) is 0 Å². The lowest BCUT2D eigenvalue weighted by molar-refractivity contribution is 0.682. The summed E-state index contributed by atoms with van der Waals surface area (Å²) in [4.78, 5) is 0.875. The minimum atomic E-state index is -0.862. The van der Waals surface area contributed by atoms with Crippen molar-refractivity contribution in [2.75, 3.05) is 23.5 Å². The first-order valence-electron chi connectivity index (χ1n) is 4.47. The smallest absolute Gasteiger partial charge is 0.0529 e. The van der Waals surface area contributed by atoms with Crippen LogP contribution >= 0.6 is 11.8 Å². The predicted octanol–water partition coefficient (Wildman–Crippen LogP) is 2.13. The molecule has 78 valence electrons. The number of hydrogen-bond donors (Lipinski definition) is 1. The molecule has 0 aliphatic rings. The van der Waals surface area contributed by atoms with Gasteiger partial charge in [-0.15, -0.1) is 0 Å². The predicted molar refractivity (Wildman–Crippen MR) is 65.1 cm³/mol. The molecule has 0 spiro atoms. The van der Waals surface area contributed by atoms with Crippen molar-refractivity contribution in [3.8, 4) is 0 Å². The Kier molecular flexibility index (Phi) is 5.04. The normalized spacial score (nSPS) is 12.6. The van der Waals surface area contributed by atoms with Crippen LogP contribution in [0.4, 0.5) is 5.69 Å². The van der Waals surface area contributed by atoms with Gasteiger partial charge in [0.2, 0.25) is 0 Å². The minimum Gasteiger partial charge on any atom is -0.399 e. The molecule has 4 heteroatoms. The van der Waals surface area contributed by atoms with Crippen LogP contribution in [0.3, 0.4) is 0 Å². The van der Waals surface area contributed by atoms with Crippen molar-refractivity contribution in [2.45, 2.75) is 11.3 Å². The molecule has 0 heterocycles. The topological polar surface area (TPSA) is 43.1 Å². The summed E-state index contributed by atoms with van der Waals surface area (Å²) in [7, 11) is -0.862. The monoisotopic (exact) mass is 229 g/mol. The van der Waals surface area contributed by atoms with Crippen LogP contribution in [0.1, 0.15) is 6.42 Å². The highest BCUT2D eigenvalue weighted by Crippen LogP contribution is 2.11. The van der Waals surface area contributed by atoms with Crippen molar-refractivity contribution in [1.82, 2.24) is 0 Å². The van der Waals surface area contributed by atoms with Gasteiger partial charge in [0, 0.05) is 16.3 Å². The number of hydrogen-bond acceptors (Lipinski definition) is 3. The zero-order valence-electron chi connectivity index (χ0n) is 8.23. The van der Waals surface area contributed by atoms with Crippen LogP contribution in [0, 0.1) is 0 Å². The first-order valence-corrected chi connectivity index (χ1v) is 7.18. The molecule has 1 aromatic rings. The Morgan fingerprint density at radius 2 is 2.00 bits per heavy atom. The zero-order chi connectivity index (χ0) is 10.4. The molecule has 1 unspecified atom stereocenters. The molecule has 1 aromatic carbocycles. The van der Waals surface area contributed by atoms with Gasteiger partial charge in [0.25, 0.3) is 0 Å². The lowest BCUT2D eigenvalue weighted by atomic mass is 10.3. The van der Waals surface area contributed by atoms with Crippen LogP contribution in [0.2, 0.25) is 0 Å². The quantitative estimate of drug-likeness (QED) is 0.621. The minimum absolute atomic E-state index is 0.717. The fourth-order valence-corrected chi connectivity index (χ4v) is 2.77. The summed E-state index contributed by atoms with van der Waals surface area (Å²) < 4.78 is 11.7. The van der Waals surface area contributed by atoms with E-state index in [0.717, 1.165) is 28.5 Å². The second-order valence-electron chi connectivity index (χ2n) is 2.97. The Bertz CT molecular complexity index is 297. The number of rotatable bonds is 5. The van der Waals surface area contributed by atoms with Gasteiger partial charge in [-0.25, -0.2) is 0 Å². The van der Waals surface area contributed by atoms with Crippen LogP contribution in [0.15, 0.2) is 29.2 Å². The third-order valence-corrected chi connectivity index (χ3v) is 3.98. The number of benzene rings is 1. The molecule has 0 bridgehead atoms. The lowest BCUT2D eigenvalue weighted by Gasteiger charge is -2.01. The SMILES string of the molecule is CSCCCS(=O)c1ccc(N)cc1. The largest absolute Gasteiger partial charge is 0.399 e. The molecule has 1 atom stereocenters. The molecule has 0 fully saturated rings. The first-order chi connectivity index (χ1) is 6.74. The Morgan fingerprint density at radius 1 is 1.36 bits per heavy atom. The zero-order valence-corrected chi connectivity index (χ0v) is 9.87. The standard InChI is InChI=1S/C10H15NOS2/c1-13-7-2-8-14(12)10-5-3-9(11)4-6-10/h3-6H,2,7-8,11H2,1H3. The van der Waals surface area contributed by atoms with E-state index in [-0.39, 0.29) is 0 Å². The second kappa shape index (κ2) is 6.09. The van der Waals surface area contributed by atoms with Crippen molar-refractivity contribution < 1.29 is 4.21 Å². The third kappa shape index (κ3) is 3.72. The summed E-state index contributed by atoms with van der Waals surface area (Å²) in [6.07, 6.45) is 3.06. The second-order valence-corrected chi connectivity index (χ2v) is 5.52. The van der Waals surface area contributed by atoms with Gasteiger partial charge in [0.15, 0.2) is 0 Å². The van der Waals surface area contributed by atoms with E-state index in [2.05, 4.69) is 6.26 Å². The first kappa shape index (κ1) is 11.6. The van der Waals surface area contributed by atoms with Gasteiger partial charge in [-0.05, 0) is 42.7 Å². The van der Waals surface area contributed by atoms with E-state index in [9.17, 15) is 4.21 Å². The molecule has 0 aliphatic carbocycles. The molecule has 0 saturated carbocycles. The Morgan fingerprint density at radius 3 is 2.57 bits per heavy atom. The molecule has 2 nitrogen and oxygen atoms in total. The van der Waals surface area contributed by atoms with E-state index < -0.39 is 10.8 Å². The van der Waals surface area contributed by atoms with E-state index >= 15 is 0 Å². The number of anilines is 1. The highest BCUT2D eigenvalue weighted by molar-refractivity contribution is 7.98. The maximum Gasteiger partial charge on any atom is 0.0529 e. The van der Waals surface area contributed by atoms with Gasteiger partial charge in [-0.2, -0.15) is 11.8 Å². The summed E-state index contributed by atoms with van der Waals surface area (Å²) in [5.41, 5.74) is 6.26. The van der Waals surface area contributed by atoms with Crippen LogP contribution in [0.25, 0.3) is 0 Å². The van der Waals surface area contributed by atoms with Crippen molar-refractivity contribution >= 4 is 28.2 Å². The average molecular weight is 229 g/mol. The van der Waals surface area contributed by atoms with E-state index in [1.54, 1.807) is 23.9 Å². The molecule has 0 saturated heterocycles. The van der Waals surface area contributed by atoms with E-state index in [0.29, 0.717) is 0 Å². The van der Waals surface area contributed by atoms with Gasteiger partial charge in [0.1, 0.15) is 0 Å². The van der Waals surface area contributed by atoms with E-state index in [1.165, 1.54) is 0 Å². The van der Waals surface area contributed by atoms with Crippen LogP contribution in [-0.4, -0.2) is 22.0 Å². The molecule has 14 heavy (non-hydrogen) atoms. The Hall–Kier alpha value is -0.480. The van der Waals surface area contributed by atoms with Crippen molar-refractivity contribution in [3.05, 3.63) is 24.3 Å². The van der Waals surface area contributed by atoms with Crippen LogP contribution in [-0.2, 0) is 10.8 Å². The Balaban J connectivity index is 2.48. The molecule has 0 radical (unpaired) electrons. The molecule has 1 rings (SSSR count). The fourth-order valence-electron chi connectivity index (χ4n) is 1.07. The van der Waals surface area contributed by atoms with Gasteiger partial charge >= 0.3 is 0 Å². The summed E-state index contributed by atoms with van der Waals surface area (Å²) in [5, 5.41) is 0. The summed E-state index contributed by atoms with van der Waals surface area (Å²) in [6.45, 7) is 0. The van der Waals surface area contributed by atoms with Crippen molar-refractivity contribution in [3.63, 3.8) is 0 Å². The van der Waals surface area contributed by atoms with Crippen LogP contribution in [0.5, 0.6) is 0 Å². The molecular weight excluding hydrogens is 214 g/mol. The molecule has 0 aliphatic heterocycles. The van der Waals surface area contributed by atoms with E-state index in [4.69, 9.17) is 5.73 Å². The summed E-state index contributed by atoms with van der Waals surface area (Å²) >= 11 is 1.79. The van der Waals surface area contributed by atoms with Crippen molar-refractivity contribution in [2.24, 2.45) is 0 Å². The van der Waals surface area contributed by atoms with Gasteiger partial charge in [-0.3, -0.25) is 4.21 Å². The molecular formula is C10H15NOS2. The third-order valence-electron chi connectivity index (χ3n) is 1.82. The average Bonchev–Trinajstić information content (AvgIpc) is 2.19. The van der Waals surface area contributed by atoms with Gasteiger partial charge in [-0.1, -0.05) is 0 Å².